The van der Waals surface area contributed by atoms with E-state index < -0.39 is 28.3 Å². The Hall–Kier alpha value is -2.74. The quantitative estimate of drug-likeness (QED) is 0.187. The summed E-state index contributed by atoms with van der Waals surface area (Å²) in [6, 6.07) is 7.90. The van der Waals surface area contributed by atoms with Crippen LogP contribution in [0.2, 0.25) is 5.02 Å². The fourth-order valence-electron chi connectivity index (χ4n) is 2.16. The van der Waals surface area contributed by atoms with Crippen LogP contribution in [-0.2, 0) is 6.18 Å². The average molecular weight is 494 g/mol. The Kier molecular flexibility index (Phi) is 7.95. The standard InChI is InChI=1S/C18H14Cl3F3N6O/c1-17(20,21)15(29-14(31)10-3-2-4-11(19)7-10)30-16(27-9-25)28-12-5-6-13(26-8-12)18(22,23)24/h2-8,15H,1H3,(H,29,31)(H2,27,28,30). The van der Waals surface area contributed by atoms with Crippen LogP contribution in [0.4, 0.5) is 18.9 Å². The number of hydrogen-bond acceptors (Lipinski definition) is 4. The third kappa shape index (κ3) is 7.47. The van der Waals surface area contributed by atoms with Crippen molar-refractivity contribution in [3.05, 3.63) is 58.9 Å². The van der Waals surface area contributed by atoms with Gasteiger partial charge in [-0.2, -0.15) is 18.4 Å². The summed E-state index contributed by atoms with van der Waals surface area (Å²) in [4.78, 5) is 19.9. The van der Waals surface area contributed by atoms with Crippen LogP contribution in [0.3, 0.4) is 0 Å². The Morgan fingerprint density at radius 1 is 1.26 bits per heavy atom. The SMILES string of the molecule is CC(Cl)(Cl)C(N=C(NC#N)Nc1ccc(C(F)(F)F)nc1)NC(=O)c1cccc(Cl)c1. The van der Waals surface area contributed by atoms with Gasteiger partial charge in [-0.25, -0.2) is 9.98 Å². The topological polar surface area (TPSA) is 102 Å². The fraction of sp³-hybridized carbons (Fsp3) is 0.222. The molecule has 1 atom stereocenters. The van der Waals surface area contributed by atoms with Gasteiger partial charge in [0, 0.05) is 10.6 Å². The van der Waals surface area contributed by atoms with Crippen molar-refractivity contribution in [2.45, 2.75) is 23.6 Å². The van der Waals surface area contributed by atoms with Crippen LogP contribution < -0.4 is 16.0 Å². The number of aromatic nitrogens is 1. The van der Waals surface area contributed by atoms with Gasteiger partial charge in [0.25, 0.3) is 5.91 Å². The largest absolute Gasteiger partial charge is 0.433 e. The number of anilines is 1. The summed E-state index contributed by atoms with van der Waals surface area (Å²) >= 11 is 18.1. The molecular weight excluding hydrogens is 480 g/mol. The van der Waals surface area contributed by atoms with Crippen LogP contribution in [0, 0.1) is 11.5 Å². The molecule has 1 unspecified atom stereocenters. The molecule has 7 nitrogen and oxygen atoms in total. The minimum atomic E-state index is -4.60. The van der Waals surface area contributed by atoms with Gasteiger partial charge in [0.2, 0.25) is 5.96 Å². The van der Waals surface area contributed by atoms with Crippen LogP contribution in [0.1, 0.15) is 23.0 Å². The third-order valence-corrected chi connectivity index (χ3v) is 4.23. The molecule has 1 amide bonds. The van der Waals surface area contributed by atoms with Gasteiger partial charge in [0.05, 0.1) is 11.9 Å². The van der Waals surface area contributed by atoms with Gasteiger partial charge in [-0.15, -0.1) is 0 Å². The highest BCUT2D eigenvalue weighted by atomic mass is 35.5. The number of aliphatic imine (C=N–C) groups is 1. The fourth-order valence-corrected chi connectivity index (χ4v) is 2.56. The van der Waals surface area contributed by atoms with Crippen LogP contribution in [-0.4, -0.2) is 27.3 Å². The molecule has 0 aliphatic rings. The summed E-state index contributed by atoms with van der Waals surface area (Å²) in [5.41, 5.74) is -0.800. The molecule has 1 aromatic heterocycles. The molecule has 0 bridgehead atoms. The van der Waals surface area contributed by atoms with Crippen molar-refractivity contribution < 1.29 is 18.0 Å². The number of alkyl halides is 5. The Labute approximate surface area is 190 Å². The van der Waals surface area contributed by atoms with Gasteiger partial charge in [-0.05, 0) is 37.3 Å². The average Bonchev–Trinajstić information content (AvgIpc) is 2.66. The van der Waals surface area contributed by atoms with Gasteiger partial charge in [-0.1, -0.05) is 40.9 Å². The van der Waals surface area contributed by atoms with Crippen molar-refractivity contribution in [1.29, 1.82) is 5.26 Å². The molecule has 3 N–H and O–H groups in total. The van der Waals surface area contributed by atoms with Gasteiger partial charge in [-0.3, -0.25) is 10.1 Å². The minimum absolute atomic E-state index is 0.0836. The maximum Gasteiger partial charge on any atom is 0.433 e. The summed E-state index contributed by atoms with van der Waals surface area (Å²) < 4.78 is 36.3. The second-order valence-electron chi connectivity index (χ2n) is 6.11. The molecule has 1 heterocycles. The number of carbonyl (C=O) groups excluding carboxylic acids is 1. The number of benzene rings is 1. The van der Waals surface area contributed by atoms with Crippen LogP contribution in [0.15, 0.2) is 47.6 Å². The maximum absolute atomic E-state index is 12.7. The molecule has 0 saturated heterocycles. The zero-order chi connectivity index (χ0) is 23.2. The van der Waals surface area contributed by atoms with E-state index in [0.717, 1.165) is 18.3 Å². The summed E-state index contributed by atoms with van der Waals surface area (Å²) in [6.45, 7) is 1.35. The van der Waals surface area contributed by atoms with Gasteiger partial charge in [0.1, 0.15) is 5.69 Å². The Morgan fingerprint density at radius 2 is 1.97 bits per heavy atom. The third-order valence-electron chi connectivity index (χ3n) is 3.58. The Morgan fingerprint density at radius 3 is 2.48 bits per heavy atom. The van der Waals surface area contributed by atoms with Crippen LogP contribution in [0.25, 0.3) is 0 Å². The van der Waals surface area contributed by atoms with Crippen molar-refractivity contribution in [3.8, 4) is 6.19 Å². The first-order chi connectivity index (χ1) is 14.4. The van der Waals surface area contributed by atoms with E-state index in [0.29, 0.717) is 5.02 Å². The lowest BCUT2D eigenvalue weighted by molar-refractivity contribution is -0.141. The van der Waals surface area contributed by atoms with Crippen LogP contribution >= 0.6 is 34.8 Å². The van der Waals surface area contributed by atoms with E-state index in [-0.39, 0.29) is 17.2 Å². The lowest BCUT2D eigenvalue weighted by atomic mass is 10.2. The molecule has 0 fully saturated rings. The highest BCUT2D eigenvalue weighted by Gasteiger charge is 2.33. The predicted octanol–water partition coefficient (Wildman–Crippen LogP) is 4.54. The smallest absolute Gasteiger partial charge is 0.328 e. The molecule has 0 saturated carbocycles. The van der Waals surface area contributed by atoms with Gasteiger partial charge >= 0.3 is 6.18 Å². The number of carbonyl (C=O) groups is 1. The molecular formula is C18H14Cl3F3N6O. The molecule has 2 aromatic rings. The second-order valence-corrected chi connectivity index (χ2v) is 8.31. The summed E-state index contributed by atoms with van der Waals surface area (Å²) in [6.07, 6.45) is -3.36. The minimum Gasteiger partial charge on any atom is -0.328 e. The number of rotatable bonds is 5. The molecule has 2 rings (SSSR count). The molecule has 1 aromatic carbocycles. The lowest BCUT2D eigenvalue weighted by Gasteiger charge is -2.25. The second kappa shape index (κ2) is 10.0. The monoisotopic (exact) mass is 492 g/mol. The number of nitrogens with zero attached hydrogens (tertiary/aromatic N) is 3. The van der Waals surface area contributed by atoms with E-state index in [2.05, 4.69) is 25.9 Å². The lowest BCUT2D eigenvalue weighted by Crippen LogP contribution is -2.45. The summed E-state index contributed by atoms with van der Waals surface area (Å²) in [5, 5.41) is 16.6. The van der Waals surface area contributed by atoms with E-state index in [1.165, 1.54) is 19.1 Å². The van der Waals surface area contributed by atoms with Gasteiger partial charge < -0.3 is 10.6 Å². The van der Waals surface area contributed by atoms with E-state index in [9.17, 15) is 18.0 Å². The first-order valence-electron chi connectivity index (χ1n) is 8.37. The zero-order valence-electron chi connectivity index (χ0n) is 15.6. The van der Waals surface area contributed by atoms with Crippen LogP contribution in [0.5, 0.6) is 0 Å². The van der Waals surface area contributed by atoms with E-state index in [4.69, 9.17) is 40.1 Å². The van der Waals surface area contributed by atoms with E-state index in [1.54, 1.807) is 18.3 Å². The molecule has 0 spiro atoms. The number of nitriles is 1. The number of halogens is 6. The Balaban J connectivity index is 2.27. The van der Waals surface area contributed by atoms with Crippen molar-refractivity contribution >= 4 is 52.4 Å². The first kappa shape index (κ1) is 24.5. The molecule has 31 heavy (non-hydrogen) atoms. The van der Waals surface area contributed by atoms with E-state index >= 15 is 0 Å². The number of hydrogen-bond donors (Lipinski definition) is 3. The summed E-state index contributed by atoms with van der Waals surface area (Å²) in [5.74, 6) is -0.843. The first-order valence-corrected chi connectivity index (χ1v) is 9.51. The highest BCUT2D eigenvalue weighted by Crippen LogP contribution is 2.28. The van der Waals surface area contributed by atoms with E-state index in [1.807, 2.05) is 0 Å². The predicted molar refractivity (Wildman–Crippen MR) is 112 cm³/mol. The maximum atomic E-state index is 12.7. The zero-order valence-corrected chi connectivity index (χ0v) is 17.9. The number of guanidine groups is 1. The van der Waals surface area contributed by atoms with Gasteiger partial charge in [0.15, 0.2) is 16.7 Å². The number of amides is 1. The summed E-state index contributed by atoms with van der Waals surface area (Å²) in [7, 11) is 0. The normalized spacial score (nSPS) is 13.2. The number of pyridine rings is 1. The van der Waals surface area contributed by atoms with Crippen molar-refractivity contribution in [1.82, 2.24) is 15.6 Å². The number of nitrogens with one attached hydrogen (secondary N) is 3. The highest BCUT2D eigenvalue weighted by molar-refractivity contribution is 6.48. The molecule has 0 radical (unpaired) electrons. The molecule has 13 heteroatoms. The Bertz CT molecular complexity index is 1000. The molecule has 0 aliphatic heterocycles. The molecule has 0 aliphatic carbocycles. The molecule has 164 valence electrons. The van der Waals surface area contributed by atoms with Crippen molar-refractivity contribution in [3.63, 3.8) is 0 Å². The van der Waals surface area contributed by atoms with Crippen molar-refractivity contribution in [2.24, 2.45) is 4.99 Å². The van der Waals surface area contributed by atoms with Crippen molar-refractivity contribution in [2.75, 3.05) is 5.32 Å².